The van der Waals surface area contributed by atoms with Crippen molar-refractivity contribution in [3.63, 3.8) is 0 Å². The van der Waals surface area contributed by atoms with Gasteiger partial charge in [-0.25, -0.2) is 10.0 Å². The van der Waals surface area contributed by atoms with Crippen molar-refractivity contribution >= 4 is 53.6 Å². The lowest BCUT2D eigenvalue weighted by atomic mass is 10.1. The second-order valence-corrected chi connectivity index (χ2v) is 17.2. The van der Waals surface area contributed by atoms with Gasteiger partial charge in [0.05, 0.1) is 22.1 Å². The Morgan fingerprint density at radius 3 is 1.33 bits per heavy atom. The number of hydrogen-bond acceptors (Lipinski definition) is 0. The second-order valence-electron chi connectivity index (χ2n) is 12.3. The Hall–Kier alpha value is -3.95. The molecule has 7 aromatic rings. The minimum absolute atomic E-state index is 0.611. The number of fused-ring (bicyclic) bond motifs is 6. The third-order valence-corrected chi connectivity index (χ3v) is 15.1. The molecular weight excluding hydrogens is 529 g/mol. The molecule has 0 atom stereocenters. The van der Waals surface area contributed by atoms with Crippen molar-refractivity contribution in [2.45, 2.75) is 62.2 Å². The van der Waals surface area contributed by atoms with Crippen molar-refractivity contribution in [1.82, 2.24) is 9.13 Å². The van der Waals surface area contributed by atoms with E-state index in [0.717, 1.165) is 0 Å². The van der Waals surface area contributed by atoms with Crippen molar-refractivity contribution in [1.29, 1.82) is 0 Å². The summed E-state index contributed by atoms with van der Waals surface area (Å²) in [6.07, 6.45) is 0. The number of benzene rings is 5. The molecule has 0 bridgehead atoms. The van der Waals surface area contributed by atoms with Gasteiger partial charge in [0, 0.05) is 32.9 Å². The highest BCUT2D eigenvalue weighted by Crippen LogP contribution is 2.66. The molecule has 212 valence electrons. The summed E-state index contributed by atoms with van der Waals surface area (Å²) in [6, 6.07) is 42.9. The minimum Gasteiger partial charge on any atom is -0.309 e. The van der Waals surface area contributed by atoms with Crippen molar-refractivity contribution in [2.75, 3.05) is 0 Å². The molecule has 7 rings (SSSR count). The molecule has 0 fully saturated rings. The third kappa shape index (κ3) is 3.79. The number of aromatic nitrogens is 2. The maximum absolute atomic E-state index is 2.50. The fraction of sp³-hybridized carbons (Fsp3) is 0.231. The van der Waals surface area contributed by atoms with E-state index in [4.69, 9.17) is 0 Å². The van der Waals surface area contributed by atoms with Gasteiger partial charge in [-0.1, -0.05) is 102 Å². The van der Waals surface area contributed by atoms with Crippen LogP contribution in [-0.4, -0.2) is 24.9 Å². The molecule has 0 aliphatic heterocycles. The van der Waals surface area contributed by atoms with E-state index in [9.17, 15) is 0 Å². The monoisotopic (exact) mass is 568 g/mol. The van der Waals surface area contributed by atoms with E-state index in [-0.39, 0.29) is 0 Å². The molecular formula is C39H40N2S. The predicted octanol–water partition coefficient (Wildman–Crippen LogP) is 11.3. The molecule has 0 radical (unpaired) electrons. The van der Waals surface area contributed by atoms with Gasteiger partial charge < -0.3 is 9.13 Å². The first kappa shape index (κ1) is 26.9. The van der Waals surface area contributed by atoms with E-state index in [2.05, 4.69) is 166 Å². The normalized spacial score (nSPS) is 13.1. The van der Waals surface area contributed by atoms with E-state index in [1.807, 2.05) is 0 Å². The largest absolute Gasteiger partial charge is 0.309 e. The summed E-state index contributed by atoms with van der Waals surface area (Å²) in [5.41, 5.74) is 7.43. The van der Waals surface area contributed by atoms with Gasteiger partial charge in [-0.2, -0.15) is 0 Å². The van der Waals surface area contributed by atoms with E-state index in [1.54, 1.807) is 0 Å². The quantitative estimate of drug-likeness (QED) is 0.189. The number of para-hydroxylation sites is 3. The summed E-state index contributed by atoms with van der Waals surface area (Å²) in [5.74, 6) is 0. The van der Waals surface area contributed by atoms with Gasteiger partial charge in [-0.15, -0.1) is 0 Å². The Morgan fingerprint density at radius 1 is 0.405 bits per heavy atom. The van der Waals surface area contributed by atoms with Crippen LogP contribution in [0.5, 0.6) is 0 Å². The number of nitrogens with zero attached hydrogens (tertiary/aromatic N) is 2. The minimum atomic E-state index is -1.04. The molecule has 0 spiro atoms. The van der Waals surface area contributed by atoms with E-state index in [1.165, 1.54) is 59.9 Å². The van der Waals surface area contributed by atoms with E-state index < -0.39 is 10.0 Å². The predicted molar refractivity (Wildman–Crippen MR) is 186 cm³/mol. The zero-order valence-electron chi connectivity index (χ0n) is 25.5. The van der Waals surface area contributed by atoms with Gasteiger partial charge in [-0.05, 0) is 75.2 Å². The van der Waals surface area contributed by atoms with Gasteiger partial charge in [0.2, 0.25) is 0 Å². The molecule has 0 amide bonds. The lowest BCUT2D eigenvalue weighted by Gasteiger charge is -2.52. The SMILES string of the molecule is CC(C)S(c1cccc(-n2c3ccccc3c3cc(-n4c5ccccc5c5ccccc54)ccc32)c1)(C(C)C)C(C)C. The van der Waals surface area contributed by atoms with Gasteiger partial charge in [0.25, 0.3) is 0 Å². The zero-order chi connectivity index (χ0) is 29.2. The van der Waals surface area contributed by atoms with E-state index in [0.29, 0.717) is 15.7 Å². The molecule has 2 nitrogen and oxygen atoms in total. The van der Waals surface area contributed by atoms with Crippen LogP contribution in [0.15, 0.2) is 120 Å². The smallest absolute Gasteiger partial charge is 0.0542 e. The van der Waals surface area contributed by atoms with Crippen LogP contribution in [0, 0.1) is 0 Å². The first-order chi connectivity index (χ1) is 20.3. The van der Waals surface area contributed by atoms with Crippen LogP contribution < -0.4 is 0 Å². The Bertz CT molecular complexity index is 2010. The topological polar surface area (TPSA) is 9.86 Å². The van der Waals surface area contributed by atoms with Crippen LogP contribution in [0.2, 0.25) is 0 Å². The fourth-order valence-corrected chi connectivity index (χ4v) is 13.4. The molecule has 0 unspecified atom stereocenters. The molecule has 0 N–H and O–H groups in total. The summed E-state index contributed by atoms with van der Waals surface area (Å²) >= 11 is 0. The average molecular weight is 569 g/mol. The summed E-state index contributed by atoms with van der Waals surface area (Å²) in [6.45, 7) is 14.6. The standard InChI is InChI=1S/C39H40N2S/c1-26(2)42(27(3)4,28(5)6)31-15-13-14-29(24-31)40-38-21-12-9-18-34(38)35-25-30(22-23-39(35)40)41-36-19-10-7-16-32(36)33-17-8-11-20-37(33)41/h7-28H,1-6H3. The van der Waals surface area contributed by atoms with Crippen LogP contribution in [0.3, 0.4) is 0 Å². The van der Waals surface area contributed by atoms with Gasteiger partial charge >= 0.3 is 0 Å². The molecule has 0 saturated heterocycles. The molecule has 5 aromatic carbocycles. The molecule has 2 aromatic heterocycles. The highest BCUT2D eigenvalue weighted by atomic mass is 32.3. The highest BCUT2D eigenvalue weighted by Gasteiger charge is 2.36. The molecule has 0 aliphatic rings. The lowest BCUT2D eigenvalue weighted by Crippen LogP contribution is -2.29. The Morgan fingerprint density at radius 2 is 0.833 bits per heavy atom. The lowest BCUT2D eigenvalue weighted by molar-refractivity contribution is 0.934. The van der Waals surface area contributed by atoms with Crippen molar-refractivity contribution in [3.05, 3.63) is 115 Å². The summed E-state index contributed by atoms with van der Waals surface area (Å²) in [7, 11) is -1.04. The summed E-state index contributed by atoms with van der Waals surface area (Å²) in [4.78, 5) is 1.52. The Balaban J connectivity index is 1.49. The van der Waals surface area contributed by atoms with Crippen LogP contribution >= 0.6 is 10.0 Å². The first-order valence-corrected chi connectivity index (χ1v) is 17.1. The van der Waals surface area contributed by atoms with Gasteiger partial charge in [0.15, 0.2) is 0 Å². The second kappa shape index (κ2) is 10.1. The summed E-state index contributed by atoms with van der Waals surface area (Å²) in [5, 5.41) is 6.98. The molecule has 0 aliphatic carbocycles. The zero-order valence-corrected chi connectivity index (χ0v) is 26.3. The van der Waals surface area contributed by atoms with Crippen LogP contribution in [-0.2, 0) is 0 Å². The van der Waals surface area contributed by atoms with Gasteiger partial charge in [-0.3, -0.25) is 0 Å². The maximum Gasteiger partial charge on any atom is 0.0542 e. The molecule has 3 heteroatoms. The van der Waals surface area contributed by atoms with Gasteiger partial charge in [0.1, 0.15) is 0 Å². The maximum atomic E-state index is 2.50. The fourth-order valence-electron chi connectivity index (χ4n) is 7.87. The van der Waals surface area contributed by atoms with Crippen molar-refractivity contribution < 1.29 is 0 Å². The Kier molecular flexibility index (Phi) is 6.47. The van der Waals surface area contributed by atoms with Crippen LogP contribution in [0.4, 0.5) is 0 Å². The van der Waals surface area contributed by atoms with E-state index >= 15 is 0 Å². The van der Waals surface area contributed by atoms with Crippen LogP contribution in [0.1, 0.15) is 41.5 Å². The van der Waals surface area contributed by atoms with Crippen molar-refractivity contribution in [3.8, 4) is 11.4 Å². The average Bonchev–Trinajstić information content (AvgIpc) is 3.50. The first-order valence-electron chi connectivity index (χ1n) is 15.3. The van der Waals surface area contributed by atoms with Crippen molar-refractivity contribution in [2.24, 2.45) is 0 Å². The molecule has 0 saturated carbocycles. The number of rotatable bonds is 6. The van der Waals surface area contributed by atoms with Crippen LogP contribution in [0.25, 0.3) is 55.0 Å². The third-order valence-electron chi connectivity index (χ3n) is 9.32. The number of hydrogen-bond donors (Lipinski definition) is 0. The molecule has 42 heavy (non-hydrogen) atoms. The Labute approximate surface area is 250 Å². The molecule has 2 heterocycles. The highest BCUT2D eigenvalue weighted by molar-refractivity contribution is 8.35. The summed E-state index contributed by atoms with van der Waals surface area (Å²) < 4.78 is 4.90.